The normalized spacial score (nSPS) is 10.5. The summed E-state index contributed by atoms with van der Waals surface area (Å²) in [7, 11) is 1.64. The number of halogens is 1. The van der Waals surface area contributed by atoms with Crippen molar-refractivity contribution in [1.29, 1.82) is 0 Å². The maximum Gasteiger partial charge on any atom is 0.178 e. The predicted molar refractivity (Wildman–Crippen MR) is 80.3 cm³/mol. The van der Waals surface area contributed by atoms with Gasteiger partial charge < -0.3 is 4.74 Å². The number of Topliss-reactive ketones (excluding diaryl/α,β-unsaturated/α-hetero) is 1. The van der Waals surface area contributed by atoms with Crippen LogP contribution in [-0.4, -0.2) is 17.9 Å². The molecule has 0 unspecified atom stereocenters. The number of carbonyl (C=O) groups excluding carboxylic acids is 1. The number of methoxy groups -OCH3 is 1. The van der Waals surface area contributed by atoms with Gasteiger partial charge in [0.15, 0.2) is 5.78 Å². The third-order valence-electron chi connectivity index (χ3n) is 2.93. The number of hydrogen-bond acceptors (Lipinski definition) is 4. The molecule has 0 amide bonds. The summed E-state index contributed by atoms with van der Waals surface area (Å²) < 4.78 is 6.31. The van der Waals surface area contributed by atoms with Crippen molar-refractivity contribution in [3.8, 4) is 5.75 Å². The Morgan fingerprint density at radius 2 is 2.16 bits per heavy atom. The minimum absolute atomic E-state index is 0.0807. The van der Waals surface area contributed by atoms with E-state index in [-0.39, 0.29) is 5.78 Å². The fourth-order valence-corrected chi connectivity index (χ4v) is 3.28. The molecule has 2 heterocycles. The van der Waals surface area contributed by atoms with E-state index in [1.807, 2.05) is 26.0 Å². The Morgan fingerprint density at radius 3 is 2.74 bits per heavy atom. The molecule has 2 aromatic rings. The Labute approximate surface area is 124 Å². The molecule has 0 spiro atoms. The van der Waals surface area contributed by atoms with E-state index in [1.165, 1.54) is 11.3 Å². The third-order valence-corrected chi connectivity index (χ3v) is 4.59. The number of aryl methyl sites for hydroxylation is 1. The fraction of sp³-hybridized carbons (Fsp3) is 0.286. The van der Waals surface area contributed by atoms with Gasteiger partial charge in [0.1, 0.15) is 5.75 Å². The highest BCUT2D eigenvalue weighted by Crippen LogP contribution is 2.27. The van der Waals surface area contributed by atoms with Crippen LogP contribution in [0.3, 0.4) is 0 Å². The van der Waals surface area contributed by atoms with Gasteiger partial charge in [-0.3, -0.25) is 9.78 Å². The maximum atomic E-state index is 12.2. The second-order valence-electron chi connectivity index (χ2n) is 4.25. The molecule has 0 aliphatic carbocycles. The zero-order valence-electron chi connectivity index (χ0n) is 11.0. The largest absolute Gasteiger partial charge is 0.496 e. The number of ketones is 1. The first kappa shape index (κ1) is 14.2. The summed E-state index contributed by atoms with van der Waals surface area (Å²) in [4.78, 5) is 17.3. The Hall–Kier alpha value is -1.20. The summed E-state index contributed by atoms with van der Waals surface area (Å²) in [5.74, 6) is 0.891. The van der Waals surface area contributed by atoms with Crippen LogP contribution in [0.25, 0.3) is 0 Å². The van der Waals surface area contributed by atoms with E-state index in [2.05, 4.69) is 20.9 Å². The highest BCUT2D eigenvalue weighted by molar-refractivity contribution is 9.11. The average molecular weight is 340 g/mol. The molecule has 100 valence electrons. The molecule has 0 aliphatic heterocycles. The van der Waals surface area contributed by atoms with Crippen LogP contribution in [0.5, 0.6) is 5.75 Å². The maximum absolute atomic E-state index is 12.2. The van der Waals surface area contributed by atoms with Gasteiger partial charge in [-0.05, 0) is 41.9 Å². The molecule has 0 aliphatic rings. The van der Waals surface area contributed by atoms with Crippen LogP contribution in [0.2, 0.25) is 0 Å². The van der Waals surface area contributed by atoms with Crippen LogP contribution in [-0.2, 0) is 6.42 Å². The summed E-state index contributed by atoms with van der Waals surface area (Å²) in [6.45, 7) is 3.88. The Kier molecular flexibility index (Phi) is 4.37. The minimum Gasteiger partial charge on any atom is -0.496 e. The number of carbonyl (C=O) groups is 1. The second-order valence-corrected chi connectivity index (χ2v) is 6.71. The van der Waals surface area contributed by atoms with Gasteiger partial charge in [0, 0.05) is 17.3 Å². The number of ether oxygens (including phenoxy) is 1. The first-order chi connectivity index (χ1) is 9.02. The van der Waals surface area contributed by atoms with Gasteiger partial charge in [0.2, 0.25) is 0 Å². The van der Waals surface area contributed by atoms with Crippen molar-refractivity contribution in [2.24, 2.45) is 0 Å². The molecule has 0 fully saturated rings. The Balaban J connectivity index is 2.27. The van der Waals surface area contributed by atoms with Crippen molar-refractivity contribution in [3.63, 3.8) is 0 Å². The molecule has 19 heavy (non-hydrogen) atoms. The lowest BCUT2D eigenvalue weighted by atomic mass is 10.1. The number of thiophene rings is 1. The van der Waals surface area contributed by atoms with E-state index < -0.39 is 0 Å². The topological polar surface area (TPSA) is 39.2 Å². The van der Waals surface area contributed by atoms with Gasteiger partial charge in [0.25, 0.3) is 0 Å². The Morgan fingerprint density at radius 1 is 1.42 bits per heavy atom. The summed E-state index contributed by atoms with van der Waals surface area (Å²) in [5, 5.41) is 0. The molecule has 2 aromatic heterocycles. The van der Waals surface area contributed by atoms with Gasteiger partial charge >= 0.3 is 0 Å². The first-order valence-corrected chi connectivity index (χ1v) is 7.41. The van der Waals surface area contributed by atoms with Crippen molar-refractivity contribution in [3.05, 3.63) is 43.8 Å². The van der Waals surface area contributed by atoms with Crippen molar-refractivity contribution in [2.45, 2.75) is 20.3 Å². The highest BCUT2D eigenvalue weighted by atomic mass is 79.9. The van der Waals surface area contributed by atoms with Crippen molar-refractivity contribution in [1.82, 2.24) is 4.98 Å². The number of nitrogens with zero attached hydrogens (tertiary/aromatic N) is 1. The molecule has 0 radical (unpaired) electrons. The molecule has 0 atom stereocenters. The molecule has 0 aromatic carbocycles. The van der Waals surface area contributed by atoms with Crippen LogP contribution in [0.4, 0.5) is 0 Å². The van der Waals surface area contributed by atoms with E-state index in [1.54, 1.807) is 13.3 Å². The summed E-state index contributed by atoms with van der Waals surface area (Å²) in [5.41, 5.74) is 2.69. The van der Waals surface area contributed by atoms with E-state index in [0.717, 1.165) is 31.2 Å². The van der Waals surface area contributed by atoms with E-state index >= 15 is 0 Å². The van der Waals surface area contributed by atoms with Crippen molar-refractivity contribution < 1.29 is 9.53 Å². The lowest BCUT2D eigenvalue weighted by molar-refractivity contribution is 0.0995. The Bertz CT molecular complexity index is 622. The average Bonchev–Trinajstić information content (AvgIpc) is 2.80. The molecule has 0 saturated heterocycles. The monoisotopic (exact) mass is 339 g/mol. The first-order valence-electron chi connectivity index (χ1n) is 5.80. The van der Waals surface area contributed by atoms with E-state index in [0.29, 0.717) is 6.42 Å². The summed E-state index contributed by atoms with van der Waals surface area (Å²) in [6, 6.07) is 3.71. The lowest BCUT2D eigenvalue weighted by Gasteiger charge is -2.11. The number of rotatable bonds is 4. The second kappa shape index (κ2) is 5.84. The lowest BCUT2D eigenvalue weighted by Crippen LogP contribution is -2.07. The quantitative estimate of drug-likeness (QED) is 0.791. The zero-order valence-corrected chi connectivity index (χ0v) is 13.4. The zero-order chi connectivity index (χ0) is 14.0. The molecular formula is C14H14BrNO2S. The molecule has 3 nitrogen and oxygen atoms in total. The molecule has 0 N–H and O–H groups in total. The standard InChI is InChI=1S/C14H14BrNO2S/c1-8-7-16-10(9(2)14(8)18-3)6-11(17)12-4-5-13(15)19-12/h4-5,7H,6H2,1-3H3. The van der Waals surface area contributed by atoms with Crippen LogP contribution in [0.1, 0.15) is 26.5 Å². The SMILES string of the molecule is COc1c(C)cnc(CC(=O)c2ccc(Br)s2)c1C. The smallest absolute Gasteiger partial charge is 0.178 e. The minimum atomic E-state index is 0.0807. The fourth-order valence-electron chi connectivity index (χ4n) is 1.95. The number of aromatic nitrogens is 1. The number of hydrogen-bond donors (Lipinski definition) is 0. The van der Waals surface area contributed by atoms with Crippen LogP contribution in [0, 0.1) is 13.8 Å². The summed E-state index contributed by atoms with van der Waals surface area (Å²) in [6.07, 6.45) is 2.05. The predicted octanol–water partition coefficient (Wildman–Crippen LogP) is 3.96. The van der Waals surface area contributed by atoms with Crippen LogP contribution in [0.15, 0.2) is 22.1 Å². The third kappa shape index (κ3) is 3.04. The van der Waals surface area contributed by atoms with Crippen LogP contribution >= 0.6 is 27.3 Å². The van der Waals surface area contributed by atoms with Gasteiger partial charge in [-0.25, -0.2) is 0 Å². The molecule has 5 heteroatoms. The van der Waals surface area contributed by atoms with Crippen molar-refractivity contribution >= 4 is 33.0 Å². The van der Waals surface area contributed by atoms with Gasteiger partial charge in [-0.2, -0.15) is 0 Å². The van der Waals surface area contributed by atoms with Gasteiger partial charge in [0.05, 0.1) is 27.9 Å². The molecule has 0 saturated carbocycles. The van der Waals surface area contributed by atoms with Crippen LogP contribution < -0.4 is 4.74 Å². The highest BCUT2D eigenvalue weighted by Gasteiger charge is 2.15. The van der Waals surface area contributed by atoms with Gasteiger partial charge in [-0.1, -0.05) is 0 Å². The van der Waals surface area contributed by atoms with Gasteiger partial charge in [-0.15, -0.1) is 11.3 Å². The molecular weight excluding hydrogens is 326 g/mol. The summed E-state index contributed by atoms with van der Waals surface area (Å²) >= 11 is 4.81. The number of pyridine rings is 1. The molecule has 0 bridgehead atoms. The van der Waals surface area contributed by atoms with E-state index in [4.69, 9.17) is 4.74 Å². The van der Waals surface area contributed by atoms with Crippen molar-refractivity contribution in [2.75, 3.05) is 7.11 Å². The molecule has 2 rings (SSSR count). The van der Waals surface area contributed by atoms with E-state index in [9.17, 15) is 4.79 Å².